The molecule has 3 N–H and O–H groups in total. The van der Waals surface area contributed by atoms with Gasteiger partial charge >= 0.3 is 0 Å². The van der Waals surface area contributed by atoms with E-state index in [1.807, 2.05) is 47.1 Å². The molecule has 2 aliphatic rings. The highest BCUT2D eigenvalue weighted by Gasteiger charge is 2.39. The van der Waals surface area contributed by atoms with Crippen molar-refractivity contribution in [3.8, 4) is 0 Å². The number of nitrogens with two attached hydrogens (primary N) is 1. The summed E-state index contributed by atoms with van der Waals surface area (Å²) in [5.74, 6) is -0.116. The van der Waals surface area contributed by atoms with Crippen LogP contribution in [-0.4, -0.2) is 40.1 Å². The molecule has 0 saturated carbocycles. The molecular weight excluding hydrogens is 390 g/mol. The predicted molar refractivity (Wildman–Crippen MR) is 121 cm³/mol. The Bertz CT molecular complexity index is 1120. The topological polar surface area (TPSA) is 87.6 Å². The van der Waals surface area contributed by atoms with Crippen molar-refractivity contribution in [2.75, 3.05) is 28.6 Å². The second-order valence-electron chi connectivity index (χ2n) is 8.51. The van der Waals surface area contributed by atoms with E-state index in [2.05, 4.69) is 23.3 Å². The zero-order valence-corrected chi connectivity index (χ0v) is 17.6. The van der Waals surface area contributed by atoms with Crippen LogP contribution in [0.1, 0.15) is 23.2 Å². The van der Waals surface area contributed by atoms with Crippen molar-refractivity contribution in [3.63, 3.8) is 0 Å². The first-order valence-corrected chi connectivity index (χ1v) is 10.7. The number of aliphatic hydroxyl groups excluding tert-OH is 1. The lowest BCUT2D eigenvalue weighted by molar-refractivity contribution is -0.117. The van der Waals surface area contributed by atoms with Crippen LogP contribution in [0.25, 0.3) is 0 Å². The van der Waals surface area contributed by atoms with Gasteiger partial charge in [0.2, 0.25) is 5.91 Å². The fourth-order valence-corrected chi connectivity index (χ4v) is 4.78. The monoisotopic (exact) mass is 417 g/mol. The Balaban J connectivity index is 1.31. The second-order valence-corrected chi connectivity index (χ2v) is 8.51. The van der Waals surface area contributed by atoms with Crippen LogP contribution in [-0.2, 0) is 24.7 Å². The number of aliphatic hydroxyl groups is 1. The zero-order valence-electron chi connectivity index (χ0n) is 17.6. The van der Waals surface area contributed by atoms with Gasteiger partial charge < -0.3 is 20.6 Å². The summed E-state index contributed by atoms with van der Waals surface area (Å²) in [7, 11) is 1.96. The molecule has 0 radical (unpaired) electrons. The fraction of sp³-hybridized carbons (Fsp3) is 0.333. The Kier molecular flexibility index (Phi) is 4.90. The Morgan fingerprint density at radius 1 is 1.23 bits per heavy atom. The van der Waals surface area contributed by atoms with Crippen LogP contribution in [0.15, 0.2) is 54.7 Å². The lowest BCUT2D eigenvalue weighted by atomic mass is 10.0. The van der Waals surface area contributed by atoms with Gasteiger partial charge in [-0.15, -0.1) is 0 Å². The standard InChI is InChI=1S/C24H27N5O2/c1-27-20(7-9-26-27)12-16-5-6-22-17(11-16)8-10-28(22)24(31)18-13-23(30)29(15-18)21-4-2-3-19(25)14-21/h2-7,9,11,14,18,24,31H,8,10,12-13,15,25H2,1H3. The minimum absolute atomic E-state index is 0.0283. The molecular formula is C24H27N5O2. The van der Waals surface area contributed by atoms with E-state index in [4.69, 9.17) is 5.73 Å². The third-order valence-electron chi connectivity index (χ3n) is 6.46. The molecule has 5 rings (SSSR count). The maximum absolute atomic E-state index is 12.6. The summed E-state index contributed by atoms with van der Waals surface area (Å²) >= 11 is 0. The highest BCUT2D eigenvalue weighted by molar-refractivity contribution is 5.96. The van der Waals surface area contributed by atoms with E-state index in [0.717, 1.165) is 30.8 Å². The molecule has 7 heteroatoms. The lowest BCUT2D eigenvalue weighted by Crippen LogP contribution is -2.40. The summed E-state index contributed by atoms with van der Waals surface area (Å²) in [4.78, 5) is 16.4. The number of benzene rings is 2. The van der Waals surface area contributed by atoms with Crippen LogP contribution in [0.2, 0.25) is 0 Å². The highest BCUT2D eigenvalue weighted by Crippen LogP contribution is 2.35. The van der Waals surface area contributed by atoms with E-state index in [-0.39, 0.29) is 11.8 Å². The molecule has 1 aromatic heterocycles. The summed E-state index contributed by atoms with van der Waals surface area (Å²) in [5, 5.41) is 15.4. The number of nitrogen functional groups attached to an aromatic ring is 1. The summed E-state index contributed by atoms with van der Waals surface area (Å²) in [6.45, 7) is 1.25. The van der Waals surface area contributed by atoms with Crippen LogP contribution >= 0.6 is 0 Å². The fourth-order valence-electron chi connectivity index (χ4n) is 4.78. The summed E-state index contributed by atoms with van der Waals surface area (Å²) in [5.41, 5.74) is 12.0. The first-order chi connectivity index (χ1) is 15.0. The van der Waals surface area contributed by atoms with Gasteiger partial charge in [0.05, 0.1) is 0 Å². The number of nitrogens with zero attached hydrogens (tertiary/aromatic N) is 4. The largest absolute Gasteiger partial charge is 0.399 e. The van der Waals surface area contributed by atoms with Crippen LogP contribution in [0.3, 0.4) is 0 Å². The minimum Gasteiger partial charge on any atom is -0.399 e. The predicted octanol–water partition coefficient (Wildman–Crippen LogP) is 2.33. The normalized spacial score (nSPS) is 19.2. The third-order valence-corrected chi connectivity index (χ3v) is 6.46. The van der Waals surface area contributed by atoms with Crippen molar-refractivity contribution in [2.24, 2.45) is 13.0 Å². The van der Waals surface area contributed by atoms with Crippen LogP contribution in [0.5, 0.6) is 0 Å². The molecule has 1 saturated heterocycles. The van der Waals surface area contributed by atoms with Crippen LogP contribution < -0.4 is 15.5 Å². The van der Waals surface area contributed by atoms with E-state index < -0.39 is 6.23 Å². The summed E-state index contributed by atoms with van der Waals surface area (Å²) < 4.78 is 1.90. The van der Waals surface area contributed by atoms with Gasteiger partial charge in [-0.1, -0.05) is 18.2 Å². The van der Waals surface area contributed by atoms with Crippen molar-refractivity contribution < 1.29 is 9.90 Å². The molecule has 2 unspecified atom stereocenters. The average molecular weight is 418 g/mol. The maximum Gasteiger partial charge on any atom is 0.227 e. The van der Waals surface area contributed by atoms with Gasteiger partial charge in [-0.2, -0.15) is 5.10 Å². The van der Waals surface area contributed by atoms with Crippen molar-refractivity contribution in [2.45, 2.75) is 25.5 Å². The lowest BCUT2D eigenvalue weighted by Gasteiger charge is -2.30. The van der Waals surface area contributed by atoms with E-state index in [1.54, 1.807) is 11.0 Å². The number of amides is 1. The first-order valence-electron chi connectivity index (χ1n) is 10.7. The quantitative estimate of drug-likeness (QED) is 0.622. The number of hydrogen-bond donors (Lipinski definition) is 2. The number of rotatable bonds is 5. The van der Waals surface area contributed by atoms with Crippen molar-refractivity contribution in [1.29, 1.82) is 0 Å². The number of aromatic nitrogens is 2. The molecule has 2 atom stereocenters. The third kappa shape index (κ3) is 3.65. The molecule has 0 bridgehead atoms. The Hall–Kier alpha value is -3.32. The van der Waals surface area contributed by atoms with Gasteiger partial charge in [-0.3, -0.25) is 9.48 Å². The van der Waals surface area contributed by atoms with Gasteiger partial charge in [-0.25, -0.2) is 0 Å². The van der Waals surface area contributed by atoms with E-state index in [0.29, 0.717) is 18.7 Å². The van der Waals surface area contributed by atoms with Crippen molar-refractivity contribution >= 4 is 23.0 Å². The molecule has 0 spiro atoms. The molecule has 1 fully saturated rings. The summed E-state index contributed by atoms with van der Waals surface area (Å²) in [6.07, 6.45) is 3.18. The average Bonchev–Trinajstić information content (AvgIpc) is 3.46. The first kappa shape index (κ1) is 19.6. The maximum atomic E-state index is 12.6. The molecule has 2 aliphatic heterocycles. The number of aryl methyl sites for hydroxylation is 1. The van der Waals surface area contributed by atoms with Gasteiger partial charge in [-0.05, 0) is 47.9 Å². The molecule has 2 aromatic carbocycles. The molecule has 160 valence electrons. The van der Waals surface area contributed by atoms with Crippen LogP contribution in [0.4, 0.5) is 17.1 Å². The Morgan fingerprint density at radius 3 is 2.87 bits per heavy atom. The van der Waals surface area contributed by atoms with E-state index in [9.17, 15) is 9.90 Å². The minimum atomic E-state index is -0.695. The Labute approximate surface area is 181 Å². The summed E-state index contributed by atoms with van der Waals surface area (Å²) in [6, 6.07) is 15.8. The van der Waals surface area contributed by atoms with Crippen LogP contribution in [0, 0.1) is 5.92 Å². The van der Waals surface area contributed by atoms with Crippen molar-refractivity contribution in [1.82, 2.24) is 9.78 Å². The number of carbonyl (C=O) groups excluding carboxylic acids is 1. The second kappa shape index (κ2) is 7.74. The van der Waals surface area contributed by atoms with Gasteiger partial charge in [0.25, 0.3) is 0 Å². The highest BCUT2D eigenvalue weighted by atomic mass is 16.3. The number of carbonyl (C=O) groups is 1. The molecule has 1 amide bonds. The van der Waals surface area contributed by atoms with Crippen molar-refractivity contribution in [3.05, 3.63) is 71.5 Å². The van der Waals surface area contributed by atoms with Gasteiger partial charge in [0.1, 0.15) is 6.23 Å². The smallest absolute Gasteiger partial charge is 0.227 e. The molecule has 3 heterocycles. The molecule has 31 heavy (non-hydrogen) atoms. The zero-order chi connectivity index (χ0) is 21.5. The number of hydrogen-bond acceptors (Lipinski definition) is 5. The SMILES string of the molecule is Cn1nccc1Cc1ccc2c(c1)CCN2C(O)C1CC(=O)N(c2cccc(N)c2)C1. The van der Waals surface area contributed by atoms with E-state index in [1.165, 1.54) is 16.8 Å². The van der Waals surface area contributed by atoms with Gasteiger partial charge in [0.15, 0.2) is 0 Å². The Morgan fingerprint density at radius 2 is 2.10 bits per heavy atom. The number of fused-ring (bicyclic) bond motifs is 1. The van der Waals surface area contributed by atoms with Gasteiger partial charge in [0, 0.05) is 67.8 Å². The molecule has 7 nitrogen and oxygen atoms in total. The van der Waals surface area contributed by atoms with E-state index >= 15 is 0 Å². The molecule has 0 aliphatic carbocycles. The molecule has 3 aromatic rings. The number of anilines is 3.